The van der Waals surface area contributed by atoms with Gasteiger partial charge in [0.2, 0.25) is 0 Å². The molecule has 5 heteroatoms. The second-order valence-corrected chi connectivity index (χ2v) is 5.91. The van der Waals surface area contributed by atoms with Crippen LogP contribution in [-0.4, -0.2) is 47.2 Å². The van der Waals surface area contributed by atoms with Gasteiger partial charge in [0.15, 0.2) is 0 Å². The summed E-state index contributed by atoms with van der Waals surface area (Å²) in [7, 11) is 0. The fraction of sp³-hybridized carbons (Fsp3) is 0. The number of fused-ring (bicyclic) bond motifs is 8. The van der Waals surface area contributed by atoms with E-state index in [0.717, 1.165) is 44.8 Å². The zero-order chi connectivity index (χ0) is 15.9. The van der Waals surface area contributed by atoms with Crippen molar-refractivity contribution in [2.75, 3.05) is 0 Å². The van der Waals surface area contributed by atoms with Crippen LogP contribution in [0.1, 0.15) is 22.8 Å². The number of hydrogen-bond acceptors (Lipinski definition) is 2. The standard InChI is InChI=1S/C20H14N4.Pb.2H/c1-2-14-10-16-5-6-18(23-16)12-20-8-7-19(24-20)11-17-4-3-15(22-17)9-13(1)21-14;;;/h1-12,21,24H;;;. The topological polar surface area (TPSA) is 57.4 Å². The van der Waals surface area contributed by atoms with Crippen LogP contribution in [0, 0.1) is 0 Å². The summed E-state index contributed by atoms with van der Waals surface area (Å²) in [6.07, 6.45) is 8.09. The van der Waals surface area contributed by atoms with Crippen molar-refractivity contribution in [3.8, 4) is 0 Å². The van der Waals surface area contributed by atoms with Gasteiger partial charge in [-0.3, -0.25) is 0 Å². The van der Waals surface area contributed by atoms with Crippen molar-refractivity contribution in [3.05, 3.63) is 71.3 Å². The molecular formula is C20H16N4Pb. The summed E-state index contributed by atoms with van der Waals surface area (Å²) in [4.78, 5) is 16.0. The number of nitrogens with one attached hydrogen (secondary N) is 2. The minimum absolute atomic E-state index is 0. The average Bonchev–Trinajstić information content (AvgIpc) is 3.32. The first-order chi connectivity index (χ1) is 11.8. The van der Waals surface area contributed by atoms with Gasteiger partial charge >= 0.3 is 27.3 Å². The summed E-state index contributed by atoms with van der Waals surface area (Å²) >= 11 is 0. The second kappa shape index (κ2) is 6.44. The molecule has 2 aliphatic rings. The first-order valence-corrected chi connectivity index (χ1v) is 7.85. The van der Waals surface area contributed by atoms with Crippen molar-refractivity contribution < 1.29 is 0 Å². The summed E-state index contributed by atoms with van der Waals surface area (Å²) in [6.45, 7) is 0. The van der Waals surface area contributed by atoms with Gasteiger partial charge in [-0.25, -0.2) is 9.97 Å². The van der Waals surface area contributed by atoms with E-state index in [2.05, 4.69) is 44.2 Å². The monoisotopic (exact) mass is 520 g/mol. The van der Waals surface area contributed by atoms with Crippen LogP contribution in [-0.2, 0) is 0 Å². The van der Waals surface area contributed by atoms with Gasteiger partial charge < -0.3 is 9.97 Å². The minimum atomic E-state index is 0. The summed E-state index contributed by atoms with van der Waals surface area (Å²) in [5, 5.41) is 0. The summed E-state index contributed by atoms with van der Waals surface area (Å²) in [5.74, 6) is 0. The Morgan fingerprint density at radius 2 is 0.760 bits per heavy atom. The molecule has 0 aromatic carbocycles. The predicted octanol–water partition coefficient (Wildman–Crippen LogP) is 3.74. The maximum atomic E-state index is 4.63. The molecule has 8 bridgehead atoms. The molecule has 0 spiro atoms. The Morgan fingerprint density at radius 1 is 0.480 bits per heavy atom. The second-order valence-electron chi connectivity index (χ2n) is 5.91. The van der Waals surface area contributed by atoms with Crippen LogP contribution >= 0.6 is 0 Å². The Kier molecular flexibility index (Phi) is 4.12. The third-order valence-electron chi connectivity index (χ3n) is 4.04. The van der Waals surface area contributed by atoms with Crippen molar-refractivity contribution in [2.45, 2.75) is 0 Å². The molecule has 0 saturated heterocycles. The molecular weight excluding hydrogens is 503 g/mol. The van der Waals surface area contributed by atoms with Crippen LogP contribution in [0.15, 0.2) is 48.5 Å². The fourth-order valence-electron chi connectivity index (χ4n) is 2.94. The van der Waals surface area contributed by atoms with E-state index in [9.17, 15) is 0 Å². The molecule has 0 amide bonds. The van der Waals surface area contributed by atoms with Gasteiger partial charge in [-0.1, -0.05) is 0 Å². The van der Waals surface area contributed by atoms with E-state index in [0.29, 0.717) is 0 Å². The van der Waals surface area contributed by atoms with Crippen LogP contribution in [0.3, 0.4) is 0 Å². The van der Waals surface area contributed by atoms with Crippen LogP contribution < -0.4 is 0 Å². The van der Waals surface area contributed by atoms with Crippen molar-refractivity contribution in [3.63, 3.8) is 0 Å². The zero-order valence-corrected chi connectivity index (χ0v) is 19.0. The van der Waals surface area contributed by atoms with Crippen molar-refractivity contribution >= 4 is 73.7 Å². The quantitative estimate of drug-likeness (QED) is 0.307. The van der Waals surface area contributed by atoms with E-state index < -0.39 is 0 Å². The van der Waals surface area contributed by atoms with Gasteiger partial charge in [0.25, 0.3) is 0 Å². The molecule has 4 nitrogen and oxygen atoms in total. The van der Waals surface area contributed by atoms with Crippen LogP contribution in [0.4, 0.5) is 0 Å². The number of hydrogen-bond donors (Lipinski definition) is 2. The molecule has 0 fully saturated rings. The maximum absolute atomic E-state index is 4.63. The van der Waals surface area contributed by atoms with Crippen molar-refractivity contribution in [2.24, 2.45) is 0 Å². The number of aromatic amines is 2. The molecule has 0 unspecified atom stereocenters. The molecule has 25 heavy (non-hydrogen) atoms. The van der Waals surface area contributed by atoms with Crippen LogP contribution in [0.2, 0.25) is 0 Å². The number of rotatable bonds is 0. The van der Waals surface area contributed by atoms with Crippen molar-refractivity contribution in [1.29, 1.82) is 0 Å². The van der Waals surface area contributed by atoms with Crippen LogP contribution in [0.5, 0.6) is 0 Å². The Balaban J connectivity index is 0.00000157. The molecule has 2 aliphatic heterocycles. The average molecular weight is 520 g/mol. The first kappa shape index (κ1) is 16.0. The molecule has 2 N–H and O–H groups in total. The molecule has 0 atom stereocenters. The molecule has 120 valence electrons. The van der Waals surface area contributed by atoms with Gasteiger partial charge in [-0.15, -0.1) is 0 Å². The summed E-state index contributed by atoms with van der Waals surface area (Å²) in [5.41, 5.74) is 7.86. The first-order valence-electron chi connectivity index (χ1n) is 7.85. The van der Waals surface area contributed by atoms with Gasteiger partial charge in [-0.05, 0) is 72.8 Å². The third-order valence-corrected chi connectivity index (χ3v) is 4.04. The van der Waals surface area contributed by atoms with Gasteiger partial charge in [-0.2, -0.15) is 0 Å². The fourth-order valence-corrected chi connectivity index (χ4v) is 2.94. The molecule has 2 radical (unpaired) electrons. The summed E-state index contributed by atoms with van der Waals surface area (Å²) in [6, 6.07) is 16.4. The van der Waals surface area contributed by atoms with Gasteiger partial charge in [0, 0.05) is 22.1 Å². The van der Waals surface area contributed by atoms with Crippen molar-refractivity contribution in [1.82, 2.24) is 19.9 Å². The molecule has 0 aliphatic carbocycles. The number of aromatic nitrogens is 4. The molecule has 5 heterocycles. The van der Waals surface area contributed by atoms with E-state index in [-0.39, 0.29) is 27.3 Å². The Bertz CT molecular complexity index is 990. The van der Waals surface area contributed by atoms with Gasteiger partial charge in [0.05, 0.1) is 22.8 Å². The third kappa shape index (κ3) is 3.34. The Morgan fingerprint density at radius 3 is 1.04 bits per heavy atom. The molecule has 0 saturated carbocycles. The molecule has 3 aromatic heterocycles. The van der Waals surface area contributed by atoms with E-state index >= 15 is 0 Å². The van der Waals surface area contributed by atoms with E-state index in [4.69, 9.17) is 0 Å². The van der Waals surface area contributed by atoms with Crippen LogP contribution in [0.25, 0.3) is 46.4 Å². The van der Waals surface area contributed by atoms with E-state index in [1.165, 1.54) is 0 Å². The number of H-pyrrole nitrogens is 2. The molecule has 3 aromatic rings. The predicted molar refractivity (Wildman–Crippen MR) is 107 cm³/mol. The van der Waals surface area contributed by atoms with E-state index in [1.54, 1.807) is 0 Å². The van der Waals surface area contributed by atoms with E-state index in [1.807, 2.05) is 48.6 Å². The molecule has 5 rings (SSSR count). The Hall–Kier alpha value is -2.48. The summed E-state index contributed by atoms with van der Waals surface area (Å²) < 4.78 is 0. The van der Waals surface area contributed by atoms with Gasteiger partial charge in [0.1, 0.15) is 0 Å². The normalized spacial score (nSPS) is 12.2. The Labute approximate surface area is 164 Å². The SMILES string of the molecule is C1=Cc2cc3ccc(cc4nc(cc5ccc(cc1n2)[nH]5)C=C4)[nH]3.[PbH2]. The zero-order valence-electron chi connectivity index (χ0n) is 13.5. The number of nitrogens with zero attached hydrogens (tertiary/aromatic N) is 2.